The van der Waals surface area contributed by atoms with Crippen molar-refractivity contribution < 1.29 is 27.4 Å². The van der Waals surface area contributed by atoms with E-state index in [4.69, 9.17) is 0 Å². The summed E-state index contributed by atoms with van der Waals surface area (Å²) in [5, 5.41) is 9.39. The number of rotatable bonds is 4. The Morgan fingerprint density at radius 1 is 1.19 bits per heavy atom. The summed E-state index contributed by atoms with van der Waals surface area (Å²) in [6, 6.07) is 4.80. The van der Waals surface area contributed by atoms with Gasteiger partial charge in [0.15, 0.2) is 0 Å². The fraction of sp³-hybridized carbons (Fsp3) is 0.400. The van der Waals surface area contributed by atoms with Gasteiger partial charge >= 0.3 is 6.18 Å². The third-order valence-electron chi connectivity index (χ3n) is 1.80. The first-order valence-corrected chi connectivity index (χ1v) is 4.46. The molecule has 0 saturated heterocycles. The summed E-state index contributed by atoms with van der Waals surface area (Å²) in [4.78, 5) is 0. The molecule has 16 heavy (non-hydrogen) atoms. The van der Waals surface area contributed by atoms with Crippen LogP contribution in [0, 0.1) is 5.82 Å². The normalized spacial score (nSPS) is 13.8. The van der Waals surface area contributed by atoms with Gasteiger partial charge in [0.05, 0.1) is 6.61 Å². The molecule has 1 atom stereocenters. The molecule has 1 aromatic rings. The number of halogens is 4. The predicted octanol–water partition coefficient (Wildman–Crippen LogP) is 2.44. The Labute approximate surface area is 89.5 Å². The molecule has 0 aliphatic heterocycles. The van der Waals surface area contributed by atoms with Gasteiger partial charge in [0.25, 0.3) is 0 Å². The number of benzene rings is 1. The van der Waals surface area contributed by atoms with E-state index in [1.54, 1.807) is 0 Å². The molecule has 0 spiro atoms. The van der Waals surface area contributed by atoms with Crippen LogP contribution in [0.5, 0.6) is 0 Å². The van der Waals surface area contributed by atoms with Crippen molar-refractivity contribution >= 4 is 0 Å². The van der Waals surface area contributed by atoms with E-state index in [9.17, 15) is 22.7 Å². The Morgan fingerprint density at radius 2 is 1.75 bits per heavy atom. The largest absolute Gasteiger partial charge is 0.411 e. The Balaban J connectivity index is 2.41. The molecule has 2 nitrogen and oxygen atoms in total. The first-order chi connectivity index (χ1) is 7.38. The molecule has 1 unspecified atom stereocenters. The monoisotopic (exact) mass is 238 g/mol. The highest BCUT2D eigenvalue weighted by Crippen LogP contribution is 2.17. The van der Waals surface area contributed by atoms with E-state index in [0.29, 0.717) is 5.56 Å². The third kappa shape index (κ3) is 4.59. The quantitative estimate of drug-likeness (QED) is 0.816. The first kappa shape index (κ1) is 12.9. The molecular formula is C10H10F4O2. The third-order valence-corrected chi connectivity index (χ3v) is 1.80. The van der Waals surface area contributed by atoms with E-state index >= 15 is 0 Å². The molecule has 90 valence electrons. The highest BCUT2D eigenvalue weighted by molar-refractivity contribution is 5.18. The molecule has 0 aromatic heterocycles. The Kier molecular flexibility index (Phi) is 4.26. The molecule has 1 N–H and O–H groups in total. The zero-order chi connectivity index (χ0) is 12.2. The van der Waals surface area contributed by atoms with Crippen LogP contribution in [0.4, 0.5) is 17.6 Å². The van der Waals surface area contributed by atoms with Gasteiger partial charge in [0, 0.05) is 0 Å². The molecule has 0 aliphatic carbocycles. The Hall–Kier alpha value is -1.14. The van der Waals surface area contributed by atoms with Crippen LogP contribution in [0.15, 0.2) is 24.3 Å². The average Bonchev–Trinajstić information content (AvgIpc) is 2.16. The molecule has 6 heteroatoms. The van der Waals surface area contributed by atoms with Gasteiger partial charge in [-0.1, -0.05) is 12.1 Å². The van der Waals surface area contributed by atoms with E-state index in [1.165, 1.54) is 12.1 Å². The lowest BCUT2D eigenvalue weighted by Crippen LogP contribution is -2.19. The van der Waals surface area contributed by atoms with Crippen LogP contribution >= 0.6 is 0 Å². The topological polar surface area (TPSA) is 29.5 Å². The number of aliphatic hydroxyl groups excluding tert-OH is 1. The van der Waals surface area contributed by atoms with Crippen LogP contribution in [-0.2, 0) is 4.74 Å². The van der Waals surface area contributed by atoms with E-state index < -0.39 is 31.3 Å². The second-order valence-corrected chi connectivity index (χ2v) is 3.20. The maximum absolute atomic E-state index is 12.5. The van der Waals surface area contributed by atoms with E-state index in [1.807, 2.05) is 0 Å². The second kappa shape index (κ2) is 5.27. The van der Waals surface area contributed by atoms with Crippen molar-refractivity contribution in [1.82, 2.24) is 0 Å². The lowest BCUT2D eigenvalue weighted by molar-refractivity contribution is -0.179. The van der Waals surface area contributed by atoms with Crippen LogP contribution in [0.3, 0.4) is 0 Å². The number of hydrogen-bond donors (Lipinski definition) is 1. The van der Waals surface area contributed by atoms with Crippen molar-refractivity contribution in [1.29, 1.82) is 0 Å². The van der Waals surface area contributed by atoms with E-state index in [2.05, 4.69) is 4.74 Å². The fourth-order valence-corrected chi connectivity index (χ4v) is 1.07. The van der Waals surface area contributed by atoms with Crippen molar-refractivity contribution in [2.75, 3.05) is 13.2 Å². The van der Waals surface area contributed by atoms with Gasteiger partial charge in [0.2, 0.25) is 0 Å². The molecule has 0 heterocycles. The number of alkyl halides is 3. The van der Waals surface area contributed by atoms with Crippen molar-refractivity contribution in [3.8, 4) is 0 Å². The smallest absolute Gasteiger partial charge is 0.386 e. The van der Waals surface area contributed by atoms with Crippen LogP contribution in [0.2, 0.25) is 0 Å². The number of hydrogen-bond acceptors (Lipinski definition) is 2. The molecule has 0 radical (unpaired) electrons. The molecule has 0 aliphatic rings. The zero-order valence-corrected chi connectivity index (χ0v) is 8.17. The number of aliphatic hydroxyl groups is 1. The van der Waals surface area contributed by atoms with Gasteiger partial charge in [0.1, 0.15) is 18.5 Å². The molecule has 1 aromatic carbocycles. The minimum absolute atomic E-state index is 0.309. The van der Waals surface area contributed by atoms with Crippen LogP contribution in [-0.4, -0.2) is 24.5 Å². The van der Waals surface area contributed by atoms with Crippen molar-refractivity contribution in [3.05, 3.63) is 35.6 Å². The Morgan fingerprint density at radius 3 is 2.25 bits per heavy atom. The van der Waals surface area contributed by atoms with Crippen molar-refractivity contribution in [3.63, 3.8) is 0 Å². The SMILES string of the molecule is OC(COCC(F)(F)F)c1ccc(F)cc1. The highest BCUT2D eigenvalue weighted by Gasteiger charge is 2.27. The summed E-state index contributed by atoms with van der Waals surface area (Å²) in [5.41, 5.74) is 0.309. The minimum atomic E-state index is -4.41. The van der Waals surface area contributed by atoms with Crippen LogP contribution < -0.4 is 0 Å². The molecule has 1 rings (SSSR count). The predicted molar refractivity (Wildman–Crippen MR) is 48.2 cm³/mol. The standard InChI is InChI=1S/C10H10F4O2/c11-8-3-1-7(2-4-8)9(15)5-16-6-10(12,13)14/h1-4,9,15H,5-6H2. The molecular weight excluding hydrogens is 228 g/mol. The number of ether oxygens (including phenoxy) is 1. The van der Waals surface area contributed by atoms with Gasteiger partial charge in [-0.05, 0) is 17.7 Å². The zero-order valence-electron chi connectivity index (χ0n) is 8.17. The maximum atomic E-state index is 12.5. The molecule has 0 fully saturated rings. The Bertz CT molecular complexity index is 321. The highest BCUT2D eigenvalue weighted by atomic mass is 19.4. The molecule has 0 amide bonds. The lowest BCUT2D eigenvalue weighted by Gasteiger charge is -2.12. The molecule has 0 saturated carbocycles. The summed E-state index contributed by atoms with van der Waals surface area (Å²) in [6.07, 6.45) is -5.61. The minimum Gasteiger partial charge on any atom is -0.386 e. The van der Waals surface area contributed by atoms with Crippen molar-refractivity contribution in [2.45, 2.75) is 12.3 Å². The van der Waals surface area contributed by atoms with Gasteiger partial charge in [-0.25, -0.2) is 4.39 Å². The first-order valence-electron chi connectivity index (χ1n) is 4.46. The second-order valence-electron chi connectivity index (χ2n) is 3.20. The van der Waals surface area contributed by atoms with E-state index in [0.717, 1.165) is 12.1 Å². The summed E-state index contributed by atoms with van der Waals surface area (Å²) < 4.78 is 51.9. The van der Waals surface area contributed by atoms with Gasteiger partial charge in [-0.3, -0.25) is 0 Å². The van der Waals surface area contributed by atoms with Crippen molar-refractivity contribution in [2.24, 2.45) is 0 Å². The van der Waals surface area contributed by atoms with Crippen LogP contribution in [0.1, 0.15) is 11.7 Å². The van der Waals surface area contributed by atoms with E-state index in [-0.39, 0.29) is 0 Å². The fourth-order valence-electron chi connectivity index (χ4n) is 1.07. The summed E-state index contributed by atoms with van der Waals surface area (Å²) in [5.74, 6) is -0.479. The van der Waals surface area contributed by atoms with Gasteiger partial charge in [-0.2, -0.15) is 13.2 Å². The molecule has 0 bridgehead atoms. The maximum Gasteiger partial charge on any atom is 0.411 e. The van der Waals surface area contributed by atoms with Gasteiger partial charge < -0.3 is 9.84 Å². The average molecular weight is 238 g/mol. The lowest BCUT2D eigenvalue weighted by atomic mass is 10.1. The summed E-state index contributed by atoms with van der Waals surface area (Å²) >= 11 is 0. The van der Waals surface area contributed by atoms with Gasteiger partial charge in [-0.15, -0.1) is 0 Å². The summed E-state index contributed by atoms with van der Waals surface area (Å²) in [6.45, 7) is -1.89. The van der Waals surface area contributed by atoms with Crippen LogP contribution in [0.25, 0.3) is 0 Å². The summed E-state index contributed by atoms with van der Waals surface area (Å²) in [7, 11) is 0.